The molecule has 0 spiro atoms. The normalized spacial score (nSPS) is 19.9. The molecule has 1 atom stereocenters. The summed E-state index contributed by atoms with van der Waals surface area (Å²) in [6.07, 6.45) is 0.511. The fraction of sp³-hybridized carbons (Fsp3) is 0.467. The van der Waals surface area contributed by atoms with Crippen LogP contribution in [0.1, 0.15) is 23.8 Å². The molecule has 0 saturated carbocycles. The summed E-state index contributed by atoms with van der Waals surface area (Å²) in [6.45, 7) is 0.901. The molecular formula is C15H18FN3O3S2. The van der Waals surface area contributed by atoms with Crippen LogP contribution in [0, 0.1) is 10.7 Å². The SMILES string of the molecule is CN(Cc1cccc(F)c1)Cn1nc([C@H]2CCS(=O)(=O)C2)oc1=S. The molecule has 0 unspecified atom stereocenters. The summed E-state index contributed by atoms with van der Waals surface area (Å²) < 4.78 is 43.4. The van der Waals surface area contributed by atoms with E-state index in [0.717, 1.165) is 5.56 Å². The van der Waals surface area contributed by atoms with Crippen molar-refractivity contribution in [3.05, 3.63) is 46.4 Å². The highest BCUT2D eigenvalue weighted by Crippen LogP contribution is 2.27. The maximum atomic E-state index is 13.2. The third kappa shape index (κ3) is 4.08. The van der Waals surface area contributed by atoms with Gasteiger partial charge in [-0.15, -0.1) is 5.10 Å². The van der Waals surface area contributed by atoms with Crippen molar-refractivity contribution in [2.45, 2.75) is 25.6 Å². The van der Waals surface area contributed by atoms with Crippen molar-refractivity contribution in [1.29, 1.82) is 0 Å². The summed E-state index contributed by atoms with van der Waals surface area (Å²) in [7, 11) is -1.14. The van der Waals surface area contributed by atoms with Gasteiger partial charge in [0.25, 0.3) is 4.84 Å². The van der Waals surface area contributed by atoms with Gasteiger partial charge < -0.3 is 4.42 Å². The van der Waals surface area contributed by atoms with Crippen LogP contribution in [0.2, 0.25) is 0 Å². The standard InChI is InChI=1S/C15H18FN3O3S2/c1-18(8-11-3-2-4-13(16)7-11)10-19-15(23)22-14(17-19)12-5-6-24(20,21)9-12/h2-4,7,12H,5-6,8-10H2,1H3/t12-/m0/s1. The lowest BCUT2D eigenvalue weighted by atomic mass is 10.1. The van der Waals surface area contributed by atoms with Crippen LogP contribution in [0.5, 0.6) is 0 Å². The molecule has 130 valence electrons. The zero-order valence-electron chi connectivity index (χ0n) is 13.2. The van der Waals surface area contributed by atoms with Crippen LogP contribution < -0.4 is 0 Å². The van der Waals surface area contributed by atoms with Crippen LogP contribution >= 0.6 is 12.2 Å². The topological polar surface area (TPSA) is 68.3 Å². The Morgan fingerprint density at radius 3 is 2.96 bits per heavy atom. The molecular weight excluding hydrogens is 353 g/mol. The van der Waals surface area contributed by atoms with Crippen molar-refractivity contribution >= 4 is 22.1 Å². The molecule has 1 aliphatic rings. The first kappa shape index (κ1) is 17.2. The molecule has 1 fully saturated rings. The molecule has 0 bridgehead atoms. The summed E-state index contributed by atoms with van der Waals surface area (Å²) in [5.41, 5.74) is 0.842. The third-order valence-corrected chi connectivity index (χ3v) is 5.98. The monoisotopic (exact) mass is 371 g/mol. The molecule has 0 amide bonds. The molecule has 0 N–H and O–H groups in total. The molecule has 9 heteroatoms. The highest BCUT2D eigenvalue weighted by Gasteiger charge is 2.32. The van der Waals surface area contributed by atoms with E-state index in [1.165, 1.54) is 16.8 Å². The molecule has 1 aromatic carbocycles. The maximum Gasteiger partial charge on any atom is 0.288 e. The molecule has 3 rings (SSSR count). The van der Waals surface area contributed by atoms with Crippen molar-refractivity contribution < 1.29 is 17.2 Å². The van der Waals surface area contributed by atoms with E-state index in [1.807, 2.05) is 18.0 Å². The first-order chi connectivity index (χ1) is 11.3. The summed E-state index contributed by atoms with van der Waals surface area (Å²) in [4.78, 5) is 2.13. The van der Waals surface area contributed by atoms with Gasteiger partial charge >= 0.3 is 0 Å². The smallest absolute Gasteiger partial charge is 0.288 e. The minimum atomic E-state index is -3.00. The predicted molar refractivity (Wildman–Crippen MR) is 89.2 cm³/mol. The van der Waals surface area contributed by atoms with Gasteiger partial charge in [-0.3, -0.25) is 4.90 Å². The zero-order chi connectivity index (χ0) is 17.3. The van der Waals surface area contributed by atoms with Crippen molar-refractivity contribution in [3.63, 3.8) is 0 Å². The highest BCUT2D eigenvalue weighted by atomic mass is 32.2. The molecule has 24 heavy (non-hydrogen) atoms. The van der Waals surface area contributed by atoms with E-state index in [4.69, 9.17) is 16.6 Å². The van der Waals surface area contributed by atoms with Crippen LogP contribution in [0.25, 0.3) is 0 Å². The second-order valence-corrected chi connectivity index (χ2v) is 8.67. The zero-order valence-corrected chi connectivity index (χ0v) is 14.8. The van der Waals surface area contributed by atoms with Crippen LogP contribution in [0.3, 0.4) is 0 Å². The largest absolute Gasteiger partial charge is 0.414 e. The van der Waals surface area contributed by atoms with Crippen molar-refractivity contribution in [2.75, 3.05) is 18.6 Å². The van der Waals surface area contributed by atoms with Gasteiger partial charge in [0.2, 0.25) is 5.89 Å². The average Bonchev–Trinajstić information content (AvgIpc) is 3.02. The van der Waals surface area contributed by atoms with Gasteiger partial charge in [-0.2, -0.15) is 0 Å². The average molecular weight is 371 g/mol. The van der Waals surface area contributed by atoms with Gasteiger partial charge in [0.05, 0.1) is 24.1 Å². The summed E-state index contributed by atoms with van der Waals surface area (Å²) in [5, 5.41) is 4.32. The second-order valence-electron chi connectivity index (χ2n) is 6.09. The van der Waals surface area contributed by atoms with Gasteiger partial charge in [-0.05, 0) is 43.4 Å². The minimum absolute atomic E-state index is 0.0570. The third-order valence-electron chi connectivity index (χ3n) is 3.92. The van der Waals surface area contributed by atoms with Crippen molar-refractivity contribution in [1.82, 2.24) is 14.7 Å². The first-order valence-electron chi connectivity index (χ1n) is 7.54. The van der Waals surface area contributed by atoms with Gasteiger partial charge in [0.1, 0.15) is 5.82 Å². The summed E-state index contributed by atoms with van der Waals surface area (Å²) in [6, 6.07) is 6.39. The molecule has 0 aliphatic carbocycles. The number of sulfone groups is 1. The Hall–Kier alpha value is -1.58. The maximum absolute atomic E-state index is 13.2. The summed E-state index contributed by atoms with van der Waals surface area (Å²) >= 11 is 5.17. The number of hydrogen-bond donors (Lipinski definition) is 0. The Labute approximate surface area is 144 Å². The minimum Gasteiger partial charge on any atom is -0.414 e. The van der Waals surface area contributed by atoms with E-state index in [1.54, 1.807) is 6.07 Å². The number of halogens is 1. The molecule has 1 aromatic heterocycles. The number of aromatic nitrogens is 2. The number of rotatable bonds is 5. The second kappa shape index (κ2) is 6.73. The Morgan fingerprint density at radius 1 is 1.50 bits per heavy atom. The Morgan fingerprint density at radius 2 is 2.29 bits per heavy atom. The van der Waals surface area contributed by atoms with Crippen LogP contribution in [-0.4, -0.2) is 41.7 Å². The molecule has 2 aromatic rings. The van der Waals surface area contributed by atoms with Crippen molar-refractivity contribution in [3.8, 4) is 0 Å². The lowest BCUT2D eigenvalue weighted by Crippen LogP contribution is -2.22. The van der Waals surface area contributed by atoms with Gasteiger partial charge in [0.15, 0.2) is 9.84 Å². The number of benzene rings is 1. The van der Waals surface area contributed by atoms with E-state index in [9.17, 15) is 12.8 Å². The molecule has 1 aliphatic heterocycles. The number of hydrogen-bond acceptors (Lipinski definition) is 6. The lowest BCUT2D eigenvalue weighted by molar-refractivity contribution is 0.240. The van der Waals surface area contributed by atoms with E-state index in [0.29, 0.717) is 25.5 Å². The number of nitrogens with zero attached hydrogens (tertiary/aromatic N) is 3. The van der Waals surface area contributed by atoms with E-state index >= 15 is 0 Å². The molecule has 6 nitrogen and oxygen atoms in total. The fourth-order valence-electron chi connectivity index (χ4n) is 2.79. The Bertz CT molecular complexity index is 891. The van der Waals surface area contributed by atoms with E-state index in [2.05, 4.69) is 5.10 Å². The quantitative estimate of drug-likeness (QED) is 0.752. The molecule has 1 saturated heterocycles. The van der Waals surface area contributed by atoms with Gasteiger partial charge in [0, 0.05) is 6.54 Å². The Kier molecular flexibility index (Phi) is 4.84. The van der Waals surface area contributed by atoms with Crippen LogP contribution in [0.4, 0.5) is 4.39 Å². The summed E-state index contributed by atoms with van der Waals surface area (Å²) in [5.74, 6) is 0.0867. The molecule has 2 heterocycles. The van der Waals surface area contributed by atoms with Gasteiger partial charge in [-0.25, -0.2) is 17.5 Å². The predicted octanol–water partition coefficient (Wildman–Crippen LogP) is 2.34. The first-order valence-corrected chi connectivity index (χ1v) is 9.76. The highest BCUT2D eigenvalue weighted by molar-refractivity contribution is 7.91. The lowest BCUT2D eigenvalue weighted by Gasteiger charge is -2.16. The van der Waals surface area contributed by atoms with E-state index < -0.39 is 9.84 Å². The van der Waals surface area contributed by atoms with Gasteiger partial charge in [-0.1, -0.05) is 12.1 Å². The van der Waals surface area contributed by atoms with Crippen LogP contribution in [0.15, 0.2) is 28.7 Å². The Balaban J connectivity index is 1.68. The molecule has 0 radical (unpaired) electrons. The van der Waals surface area contributed by atoms with E-state index in [-0.39, 0.29) is 28.1 Å². The van der Waals surface area contributed by atoms with Crippen LogP contribution in [-0.2, 0) is 23.1 Å². The fourth-order valence-corrected chi connectivity index (χ4v) is 4.71. The van der Waals surface area contributed by atoms with Crippen molar-refractivity contribution in [2.24, 2.45) is 0 Å².